The van der Waals surface area contributed by atoms with Gasteiger partial charge in [-0.2, -0.15) is 0 Å². The van der Waals surface area contributed by atoms with Gasteiger partial charge in [-0.3, -0.25) is 0 Å². The number of nitrogens with zero attached hydrogens (tertiary/aromatic N) is 2. The number of anilines is 1. The fraction of sp³-hybridized carbons (Fsp3) is 0.526. The van der Waals surface area contributed by atoms with E-state index < -0.39 is 0 Å². The highest BCUT2D eigenvalue weighted by molar-refractivity contribution is 5.93. The maximum absolute atomic E-state index is 12.6. The molecule has 6 nitrogen and oxygen atoms in total. The number of nitrogens with one attached hydrogen (secondary N) is 1. The summed E-state index contributed by atoms with van der Waals surface area (Å²) in [5.41, 5.74) is 1.90. The molecule has 6 heteroatoms. The molecule has 2 aromatic rings. The molecule has 0 aliphatic carbocycles. The third kappa shape index (κ3) is 4.14. The van der Waals surface area contributed by atoms with E-state index in [4.69, 9.17) is 9.47 Å². The number of aromatic nitrogens is 1. The molecule has 1 aliphatic heterocycles. The molecule has 0 radical (unpaired) electrons. The van der Waals surface area contributed by atoms with Gasteiger partial charge >= 0.3 is 6.03 Å². The van der Waals surface area contributed by atoms with E-state index in [1.54, 1.807) is 7.11 Å². The van der Waals surface area contributed by atoms with Crippen LogP contribution in [0.3, 0.4) is 0 Å². The first kappa shape index (κ1) is 17.8. The van der Waals surface area contributed by atoms with Gasteiger partial charge in [-0.15, -0.1) is 0 Å². The summed E-state index contributed by atoms with van der Waals surface area (Å²) in [6, 6.07) is 8.01. The lowest BCUT2D eigenvalue weighted by molar-refractivity contribution is -0.0632. The highest BCUT2D eigenvalue weighted by Crippen LogP contribution is 2.22. The number of hydrogen-bond acceptors (Lipinski definition) is 3. The van der Waals surface area contributed by atoms with Crippen LogP contribution in [0.1, 0.15) is 20.3 Å². The molecule has 1 aromatic heterocycles. The van der Waals surface area contributed by atoms with E-state index in [1.807, 2.05) is 36.2 Å². The Hall–Kier alpha value is -2.05. The van der Waals surface area contributed by atoms with Crippen molar-refractivity contribution in [2.24, 2.45) is 0 Å². The molecule has 0 spiro atoms. The van der Waals surface area contributed by atoms with E-state index in [0.717, 1.165) is 29.6 Å². The van der Waals surface area contributed by atoms with Crippen molar-refractivity contribution in [3.05, 3.63) is 30.5 Å². The quantitative estimate of drug-likeness (QED) is 0.904. The van der Waals surface area contributed by atoms with Gasteiger partial charge in [0.15, 0.2) is 0 Å². The molecule has 0 saturated carbocycles. The minimum Gasteiger partial charge on any atom is -0.383 e. The smallest absolute Gasteiger partial charge is 0.322 e. The summed E-state index contributed by atoms with van der Waals surface area (Å²) in [5, 5.41) is 4.18. The number of urea groups is 1. The van der Waals surface area contributed by atoms with Gasteiger partial charge in [0.2, 0.25) is 0 Å². The van der Waals surface area contributed by atoms with E-state index in [1.165, 1.54) is 0 Å². The highest BCUT2D eigenvalue weighted by Gasteiger charge is 2.27. The minimum absolute atomic E-state index is 0.0667. The number of carbonyl (C=O) groups excluding carboxylic acids is 1. The zero-order valence-corrected chi connectivity index (χ0v) is 15.2. The lowest BCUT2D eigenvalue weighted by atomic mass is 10.2. The lowest BCUT2D eigenvalue weighted by Gasteiger charge is -2.36. The SMILES string of the molecule is CC[C@@H]1CN(C(=O)Nc2ccc3ccn(CCOC)c3c2)C[C@H](C)O1. The maximum atomic E-state index is 12.6. The zero-order chi connectivity index (χ0) is 17.8. The molecule has 136 valence electrons. The van der Waals surface area contributed by atoms with Crippen LogP contribution in [-0.2, 0) is 16.0 Å². The molecule has 2 heterocycles. The Kier molecular flexibility index (Phi) is 5.60. The van der Waals surface area contributed by atoms with Crippen LogP contribution in [0.5, 0.6) is 0 Å². The van der Waals surface area contributed by atoms with Crippen LogP contribution >= 0.6 is 0 Å². The van der Waals surface area contributed by atoms with Gasteiger partial charge in [0.05, 0.1) is 24.3 Å². The second-order valence-electron chi connectivity index (χ2n) is 6.59. The fourth-order valence-electron chi connectivity index (χ4n) is 3.29. The van der Waals surface area contributed by atoms with Crippen molar-refractivity contribution in [2.75, 3.05) is 32.1 Å². The molecule has 2 atom stereocenters. The molecule has 1 fully saturated rings. The van der Waals surface area contributed by atoms with Gasteiger partial charge in [0, 0.05) is 38.6 Å². The average molecular weight is 345 g/mol. The van der Waals surface area contributed by atoms with Crippen LogP contribution in [0, 0.1) is 0 Å². The monoisotopic (exact) mass is 345 g/mol. The van der Waals surface area contributed by atoms with Crippen molar-refractivity contribution in [1.82, 2.24) is 9.47 Å². The van der Waals surface area contributed by atoms with Crippen LogP contribution < -0.4 is 5.32 Å². The second-order valence-corrected chi connectivity index (χ2v) is 6.59. The van der Waals surface area contributed by atoms with Crippen LogP contribution in [0.25, 0.3) is 10.9 Å². The van der Waals surface area contributed by atoms with Crippen molar-refractivity contribution >= 4 is 22.6 Å². The van der Waals surface area contributed by atoms with E-state index >= 15 is 0 Å². The highest BCUT2D eigenvalue weighted by atomic mass is 16.5. The summed E-state index contributed by atoms with van der Waals surface area (Å²) in [6.07, 6.45) is 3.14. The minimum atomic E-state index is -0.0667. The lowest BCUT2D eigenvalue weighted by Crippen LogP contribution is -2.50. The summed E-state index contributed by atoms with van der Waals surface area (Å²) >= 11 is 0. The number of hydrogen-bond donors (Lipinski definition) is 1. The maximum Gasteiger partial charge on any atom is 0.322 e. The number of carbonyl (C=O) groups is 1. The topological polar surface area (TPSA) is 55.7 Å². The first-order valence-corrected chi connectivity index (χ1v) is 8.90. The standard InChI is InChI=1S/C19H27N3O3/c1-4-17-13-22(12-14(2)25-17)19(23)20-16-6-5-15-7-8-21(9-10-24-3)18(15)11-16/h5-8,11,14,17H,4,9-10,12-13H2,1-3H3,(H,20,23)/t14-,17+/m0/s1. The van der Waals surface area contributed by atoms with Crippen LogP contribution in [-0.4, -0.2) is 54.5 Å². The Morgan fingerprint density at radius 3 is 2.96 bits per heavy atom. The van der Waals surface area contributed by atoms with E-state index in [0.29, 0.717) is 19.7 Å². The van der Waals surface area contributed by atoms with Gasteiger partial charge in [0.25, 0.3) is 0 Å². The van der Waals surface area contributed by atoms with Gasteiger partial charge in [-0.05, 0) is 36.9 Å². The summed E-state index contributed by atoms with van der Waals surface area (Å²) in [4.78, 5) is 14.5. The number of rotatable bonds is 5. The Balaban J connectivity index is 1.72. The zero-order valence-electron chi connectivity index (χ0n) is 15.2. The van der Waals surface area contributed by atoms with Crippen molar-refractivity contribution in [3.8, 4) is 0 Å². The van der Waals surface area contributed by atoms with E-state index in [-0.39, 0.29) is 18.2 Å². The van der Waals surface area contributed by atoms with Gasteiger partial charge in [-0.25, -0.2) is 4.79 Å². The Labute approximate surface area is 148 Å². The van der Waals surface area contributed by atoms with Crippen molar-refractivity contribution in [3.63, 3.8) is 0 Å². The van der Waals surface area contributed by atoms with Crippen molar-refractivity contribution in [1.29, 1.82) is 0 Å². The number of ether oxygens (including phenoxy) is 2. The molecule has 1 N–H and O–H groups in total. The Bertz CT molecular complexity index is 728. The number of benzene rings is 1. The number of morpholine rings is 1. The van der Waals surface area contributed by atoms with Gasteiger partial charge < -0.3 is 24.3 Å². The predicted molar refractivity (Wildman–Crippen MR) is 99.0 cm³/mol. The number of methoxy groups -OCH3 is 1. The molecule has 25 heavy (non-hydrogen) atoms. The fourth-order valence-corrected chi connectivity index (χ4v) is 3.29. The second kappa shape index (κ2) is 7.89. The first-order valence-electron chi connectivity index (χ1n) is 8.90. The third-order valence-electron chi connectivity index (χ3n) is 4.63. The van der Waals surface area contributed by atoms with Crippen LogP contribution in [0.15, 0.2) is 30.5 Å². The molecular weight excluding hydrogens is 318 g/mol. The predicted octanol–water partition coefficient (Wildman–Crippen LogP) is 3.32. The van der Waals surface area contributed by atoms with E-state index in [9.17, 15) is 4.79 Å². The largest absolute Gasteiger partial charge is 0.383 e. The molecular formula is C19H27N3O3. The Morgan fingerprint density at radius 1 is 1.36 bits per heavy atom. The average Bonchev–Trinajstić information content (AvgIpc) is 3.01. The van der Waals surface area contributed by atoms with Gasteiger partial charge in [0.1, 0.15) is 0 Å². The summed E-state index contributed by atoms with van der Waals surface area (Å²) in [7, 11) is 1.70. The normalized spacial score (nSPS) is 20.8. The first-order chi connectivity index (χ1) is 12.1. The molecule has 1 aromatic carbocycles. The molecule has 2 amide bonds. The van der Waals surface area contributed by atoms with Crippen LogP contribution in [0.2, 0.25) is 0 Å². The van der Waals surface area contributed by atoms with E-state index in [2.05, 4.69) is 22.9 Å². The molecule has 0 bridgehead atoms. The Morgan fingerprint density at radius 2 is 2.20 bits per heavy atom. The third-order valence-corrected chi connectivity index (χ3v) is 4.63. The van der Waals surface area contributed by atoms with Gasteiger partial charge in [-0.1, -0.05) is 13.0 Å². The molecule has 0 unspecified atom stereocenters. The molecule has 1 saturated heterocycles. The number of amides is 2. The van der Waals surface area contributed by atoms with Crippen molar-refractivity contribution < 1.29 is 14.3 Å². The molecule has 1 aliphatic rings. The number of fused-ring (bicyclic) bond motifs is 1. The van der Waals surface area contributed by atoms with Crippen LogP contribution in [0.4, 0.5) is 10.5 Å². The van der Waals surface area contributed by atoms with Crippen molar-refractivity contribution in [2.45, 2.75) is 39.0 Å². The summed E-state index contributed by atoms with van der Waals surface area (Å²) in [5.74, 6) is 0. The summed E-state index contributed by atoms with van der Waals surface area (Å²) in [6.45, 7) is 6.80. The summed E-state index contributed by atoms with van der Waals surface area (Å²) < 4.78 is 13.1. The molecule has 3 rings (SSSR count).